The SMILES string of the molecule is CC[C@H](C)OC(C)=[OH+]. The van der Waals surface area contributed by atoms with Gasteiger partial charge in [0.05, 0.1) is 6.92 Å². The van der Waals surface area contributed by atoms with Gasteiger partial charge in [-0.15, -0.1) is 0 Å². The van der Waals surface area contributed by atoms with Gasteiger partial charge in [0.15, 0.2) is 6.10 Å². The Morgan fingerprint density at radius 1 is 1.75 bits per heavy atom. The average Bonchev–Trinajstić information content (AvgIpc) is 1.65. The Labute approximate surface area is 49.8 Å². The normalized spacial score (nSPS) is 12.9. The molecule has 0 heterocycles. The highest BCUT2D eigenvalue weighted by Crippen LogP contribution is 1.94. The van der Waals surface area contributed by atoms with Crippen LogP contribution in [-0.2, 0) is 4.74 Å². The first-order valence-corrected chi connectivity index (χ1v) is 2.86. The van der Waals surface area contributed by atoms with Gasteiger partial charge in [-0.25, -0.2) is 0 Å². The smallest absolute Gasteiger partial charge is 0.339 e. The molecule has 2 heteroatoms. The molecule has 0 spiro atoms. The Morgan fingerprint density at radius 2 is 2.25 bits per heavy atom. The van der Waals surface area contributed by atoms with E-state index < -0.39 is 0 Å². The maximum atomic E-state index is 8.55. The van der Waals surface area contributed by atoms with Gasteiger partial charge in [-0.3, -0.25) is 0 Å². The molecular weight excluding hydrogens is 104 g/mol. The minimum absolute atomic E-state index is 0.0550. The van der Waals surface area contributed by atoms with Gasteiger partial charge in [0.1, 0.15) is 0 Å². The summed E-state index contributed by atoms with van der Waals surface area (Å²) in [6.07, 6.45) is 1.07. The standard InChI is InChI=1S/C6H12O2/c1-4-5(2)8-6(3)7/h5H,4H2,1-3H3/p+1/t5-/m0/s1. The third-order valence-electron chi connectivity index (χ3n) is 0.947. The predicted molar refractivity (Wildman–Crippen MR) is 33.5 cm³/mol. The maximum absolute atomic E-state index is 8.55. The third kappa shape index (κ3) is 3.65. The lowest BCUT2D eigenvalue weighted by atomic mass is 10.3. The summed E-state index contributed by atoms with van der Waals surface area (Å²) in [5.74, 6) is 0.0550. The van der Waals surface area contributed by atoms with Crippen LogP contribution < -0.4 is 0 Å². The van der Waals surface area contributed by atoms with Crippen molar-refractivity contribution in [3.05, 3.63) is 0 Å². The monoisotopic (exact) mass is 117 g/mol. The van der Waals surface area contributed by atoms with Gasteiger partial charge >= 0.3 is 5.97 Å². The quantitative estimate of drug-likeness (QED) is 0.396. The minimum Gasteiger partial charge on any atom is -0.339 e. The number of carbonyl (C=O) groups excluding carboxylic acids is 1. The van der Waals surface area contributed by atoms with E-state index in [4.69, 9.17) is 9.53 Å². The molecule has 48 valence electrons. The summed E-state index contributed by atoms with van der Waals surface area (Å²) in [4.78, 5) is 8.55. The zero-order valence-corrected chi connectivity index (χ0v) is 5.64. The van der Waals surface area contributed by atoms with Crippen molar-refractivity contribution in [2.75, 3.05) is 0 Å². The largest absolute Gasteiger partial charge is 0.479 e. The summed E-state index contributed by atoms with van der Waals surface area (Å²) in [5.41, 5.74) is 0. The van der Waals surface area contributed by atoms with Crippen LogP contribution >= 0.6 is 0 Å². The summed E-state index contributed by atoms with van der Waals surface area (Å²) >= 11 is 0. The van der Waals surface area contributed by atoms with Crippen molar-refractivity contribution < 1.29 is 9.53 Å². The molecular formula is C6H13O2+. The molecule has 2 nitrogen and oxygen atoms in total. The van der Waals surface area contributed by atoms with Crippen LogP contribution in [-0.4, -0.2) is 16.9 Å². The highest BCUT2D eigenvalue weighted by molar-refractivity contribution is 5.67. The number of hydrogen-bond donors (Lipinski definition) is 0. The van der Waals surface area contributed by atoms with Crippen LogP contribution in [0.1, 0.15) is 27.2 Å². The van der Waals surface area contributed by atoms with Crippen LogP contribution in [0.4, 0.5) is 0 Å². The predicted octanol–water partition coefficient (Wildman–Crippen LogP) is 1.32. The molecule has 0 fully saturated rings. The molecule has 8 heavy (non-hydrogen) atoms. The zero-order chi connectivity index (χ0) is 6.57. The molecule has 0 saturated carbocycles. The molecule has 0 amide bonds. The number of hydrogen-bond acceptors (Lipinski definition) is 1. The lowest BCUT2D eigenvalue weighted by molar-refractivity contribution is 0.182. The van der Waals surface area contributed by atoms with Crippen LogP contribution in [0.15, 0.2) is 0 Å². The molecule has 0 unspecified atom stereocenters. The third-order valence-corrected chi connectivity index (χ3v) is 0.947. The van der Waals surface area contributed by atoms with Gasteiger partial charge in [0.25, 0.3) is 0 Å². The average molecular weight is 117 g/mol. The Kier molecular flexibility index (Phi) is 3.24. The number of ether oxygens (including phenoxy) is 1. The molecule has 0 aliphatic rings. The summed E-state index contributed by atoms with van der Waals surface area (Å²) < 4.78 is 4.87. The van der Waals surface area contributed by atoms with Crippen LogP contribution in [0.2, 0.25) is 0 Å². The first kappa shape index (κ1) is 7.47. The fourth-order valence-corrected chi connectivity index (χ4v) is 0.374. The van der Waals surface area contributed by atoms with E-state index in [-0.39, 0.29) is 12.1 Å². The second-order valence-electron chi connectivity index (χ2n) is 1.86. The molecule has 0 aromatic rings. The fourth-order valence-electron chi connectivity index (χ4n) is 0.374. The van der Waals surface area contributed by atoms with Crippen molar-refractivity contribution >= 4 is 5.97 Å². The van der Waals surface area contributed by atoms with E-state index >= 15 is 0 Å². The molecule has 1 N–H and O–H groups in total. The van der Waals surface area contributed by atoms with Gasteiger partial charge in [0, 0.05) is 6.42 Å². The van der Waals surface area contributed by atoms with Gasteiger partial charge in [-0.2, -0.15) is 0 Å². The van der Waals surface area contributed by atoms with E-state index in [1.807, 2.05) is 13.8 Å². The fraction of sp³-hybridized carbons (Fsp3) is 0.833. The summed E-state index contributed by atoms with van der Waals surface area (Å²) in [6.45, 7) is 5.46. The molecule has 0 aliphatic carbocycles. The highest BCUT2D eigenvalue weighted by Gasteiger charge is 2.08. The Balaban J connectivity index is 3.24. The maximum Gasteiger partial charge on any atom is 0.479 e. The zero-order valence-electron chi connectivity index (χ0n) is 5.64. The van der Waals surface area contributed by atoms with Crippen molar-refractivity contribution in [2.45, 2.75) is 33.3 Å². The molecule has 1 atom stereocenters. The Hall–Kier alpha value is -0.530. The van der Waals surface area contributed by atoms with Crippen LogP contribution in [0, 0.1) is 0 Å². The lowest BCUT2D eigenvalue weighted by Crippen LogP contribution is -2.10. The van der Waals surface area contributed by atoms with Crippen molar-refractivity contribution in [2.24, 2.45) is 0 Å². The van der Waals surface area contributed by atoms with E-state index in [9.17, 15) is 0 Å². The number of esters is 1. The Bertz CT molecular complexity index is 78.6. The molecule has 0 bridgehead atoms. The summed E-state index contributed by atoms with van der Waals surface area (Å²) in [5, 5.41) is 0. The van der Waals surface area contributed by atoms with E-state index in [2.05, 4.69) is 0 Å². The first-order chi connectivity index (χ1) is 3.66. The molecule has 0 aliphatic heterocycles. The lowest BCUT2D eigenvalue weighted by Gasteiger charge is -1.97. The van der Waals surface area contributed by atoms with Crippen LogP contribution in [0.5, 0.6) is 0 Å². The van der Waals surface area contributed by atoms with E-state index in [1.54, 1.807) is 0 Å². The Morgan fingerprint density at radius 3 is 2.38 bits per heavy atom. The van der Waals surface area contributed by atoms with Crippen molar-refractivity contribution in [1.29, 1.82) is 0 Å². The summed E-state index contributed by atoms with van der Waals surface area (Å²) in [7, 11) is 0. The van der Waals surface area contributed by atoms with Crippen molar-refractivity contribution in [3.63, 3.8) is 0 Å². The van der Waals surface area contributed by atoms with E-state index in [0.29, 0.717) is 0 Å². The second kappa shape index (κ2) is 3.47. The van der Waals surface area contributed by atoms with E-state index in [0.717, 1.165) is 6.42 Å². The minimum atomic E-state index is 0.0550. The molecule has 0 aromatic carbocycles. The molecule has 0 aromatic heterocycles. The topological polar surface area (TPSA) is 30.6 Å². The molecule has 0 rings (SSSR count). The van der Waals surface area contributed by atoms with Gasteiger partial charge < -0.3 is 9.53 Å². The highest BCUT2D eigenvalue weighted by atomic mass is 16.5. The summed E-state index contributed by atoms with van der Waals surface area (Å²) in [6, 6.07) is 0. The second-order valence-corrected chi connectivity index (χ2v) is 1.86. The van der Waals surface area contributed by atoms with E-state index in [1.165, 1.54) is 6.92 Å². The van der Waals surface area contributed by atoms with Crippen LogP contribution in [0.3, 0.4) is 0 Å². The first-order valence-electron chi connectivity index (χ1n) is 2.86. The van der Waals surface area contributed by atoms with Gasteiger partial charge in [0.2, 0.25) is 0 Å². The van der Waals surface area contributed by atoms with Crippen molar-refractivity contribution in [3.8, 4) is 0 Å². The van der Waals surface area contributed by atoms with Crippen molar-refractivity contribution in [1.82, 2.24) is 0 Å². The molecule has 0 saturated heterocycles. The number of rotatable bonds is 2. The molecule has 0 radical (unpaired) electrons. The van der Waals surface area contributed by atoms with Gasteiger partial charge in [-0.05, 0) is 6.92 Å². The van der Waals surface area contributed by atoms with Gasteiger partial charge in [-0.1, -0.05) is 6.92 Å². The van der Waals surface area contributed by atoms with Crippen LogP contribution in [0.25, 0.3) is 0 Å².